The number of methoxy groups -OCH3 is 1. The molecule has 2 heterocycles. The first kappa shape index (κ1) is 12.8. The molecule has 2 rings (SSSR count). The number of carbonyl (C=O) groups is 1. The molecule has 1 aromatic heterocycles. The number of carbonyl (C=O) groups excluding carboxylic acids is 1. The summed E-state index contributed by atoms with van der Waals surface area (Å²) < 4.78 is 10.2. The molecule has 98 valence electrons. The van der Waals surface area contributed by atoms with E-state index in [9.17, 15) is 4.79 Å². The molecule has 5 nitrogen and oxygen atoms in total. The minimum atomic E-state index is -0.0864. The van der Waals surface area contributed by atoms with Crippen LogP contribution >= 0.6 is 0 Å². The van der Waals surface area contributed by atoms with Gasteiger partial charge in [-0.25, -0.2) is 4.98 Å². The Balaban J connectivity index is 1.82. The number of nitrogens with zero attached hydrogens (tertiary/aromatic N) is 1. The number of pyridine rings is 1. The third-order valence-electron chi connectivity index (χ3n) is 3.10. The molecule has 0 aromatic carbocycles. The van der Waals surface area contributed by atoms with Gasteiger partial charge in [-0.15, -0.1) is 0 Å². The Morgan fingerprint density at radius 1 is 1.50 bits per heavy atom. The summed E-state index contributed by atoms with van der Waals surface area (Å²) in [7, 11) is 1.55. The van der Waals surface area contributed by atoms with Crippen LogP contribution in [0, 0.1) is 5.92 Å². The molecule has 0 atom stereocenters. The topological polar surface area (TPSA) is 60.5 Å². The molecule has 1 fully saturated rings. The molecule has 0 bridgehead atoms. The Morgan fingerprint density at radius 2 is 2.28 bits per heavy atom. The standard InChI is InChI=1S/C13H18N2O3/c1-17-12-3-2-11(9-14-12)13(16)15-8-10-4-6-18-7-5-10/h2-3,9-10H,4-8H2,1H3,(H,15,16). The van der Waals surface area contributed by atoms with Crippen molar-refractivity contribution in [1.82, 2.24) is 10.3 Å². The van der Waals surface area contributed by atoms with Gasteiger partial charge in [0.2, 0.25) is 5.88 Å². The van der Waals surface area contributed by atoms with E-state index in [0.717, 1.165) is 26.1 Å². The van der Waals surface area contributed by atoms with Crippen LogP contribution in [0.4, 0.5) is 0 Å². The molecule has 1 N–H and O–H groups in total. The second-order valence-corrected chi connectivity index (χ2v) is 4.36. The third kappa shape index (κ3) is 3.43. The summed E-state index contributed by atoms with van der Waals surface area (Å²) in [5.74, 6) is 0.946. The molecule has 0 radical (unpaired) electrons. The number of aromatic nitrogens is 1. The smallest absolute Gasteiger partial charge is 0.252 e. The molecule has 1 aromatic rings. The van der Waals surface area contributed by atoms with Gasteiger partial charge in [0.15, 0.2) is 0 Å². The molecule has 1 aliphatic heterocycles. The van der Waals surface area contributed by atoms with Crippen molar-refractivity contribution in [2.24, 2.45) is 5.92 Å². The number of amides is 1. The highest BCUT2D eigenvalue weighted by atomic mass is 16.5. The van der Waals surface area contributed by atoms with Crippen molar-refractivity contribution in [3.63, 3.8) is 0 Å². The first-order chi connectivity index (χ1) is 8.79. The van der Waals surface area contributed by atoms with E-state index in [-0.39, 0.29) is 5.91 Å². The lowest BCUT2D eigenvalue weighted by atomic mass is 10.0. The molecule has 1 aliphatic rings. The van der Waals surface area contributed by atoms with E-state index in [4.69, 9.17) is 9.47 Å². The van der Waals surface area contributed by atoms with Crippen molar-refractivity contribution in [3.8, 4) is 5.88 Å². The maximum atomic E-state index is 11.9. The first-order valence-electron chi connectivity index (χ1n) is 6.15. The highest BCUT2D eigenvalue weighted by molar-refractivity contribution is 5.93. The van der Waals surface area contributed by atoms with Gasteiger partial charge in [-0.05, 0) is 24.8 Å². The fourth-order valence-corrected chi connectivity index (χ4v) is 1.92. The van der Waals surface area contributed by atoms with Gasteiger partial charge in [0.25, 0.3) is 5.91 Å². The van der Waals surface area contributed by atoms with Gasteiger partial charge in [0, 0.05) is 32.0 Å². The van der Waals surface area contributed by atoms with Crippen LogP contribution in [0.5, 0.6) is 5.88 Å². The number of hydrogen-bond donors (Lipinski definition) is 1. The number of nitrogens with one attached hydrogen (secondary N) is 1. The van der Waals surface area contributed by atoms with E-state index >= 15 is 0 Å². The quantitative estimate of drug-likeness (QED) is 0.873. The van der Waals surface area contributed by atoms with Crippen LogP contribution in [0.25, 0.3) is 0 Å². The zero-order valence-electron chi connectivity index (χ0n) is 10.5. The lowest BCUT2D eigenvalue weighted by Crippen LogP contribution is -2.32. The second kappa shape index (κ2) is 6.35. The van der Waals surface area contributed by atoms with Crippen LogP contribution < -0.4 is 10.1 Å². The van der Waals surface area contributed by atoms with E-state index in [0.29, 0.717) is 23.9 Å². The summed E-state index contributed by atoms with van der Waals surface area (Å²) in [6, 6.07) is 3.40. The largest absolute Gasteiger partial charge is 0.481 e. The summed E-state index contributed by atoms with van der Waals surface area (Å²) in [5.41, 5.74) is 0.558. The Kier molecular flexibility index (Phi) is 4.52. The van der Waals surface area contributed by atoms with Gasteiger partial charge in [-0.1, -0.05) is 0 Å². The zero-order chi connectivity index (χ0) is 12.8. The predicted octanol–water partition coefficient (Wildman–Crippen LogP) is 1.25. The van der Waals surface area contributed by atoms with Crippen LogP contribution in [0.3, 0.4) is 0 Å². The molecule has 5 heteroatoms. The van der Waals surface area contributed by atoms with Crippen LogP contribution in [0.15, 0.2) is 18.3 Å². The van der Waals surface area contributed by atoms with E-state index < -0.39 is 0 Å². The van der Waals surface area contributed by atoms with Gasteiger partial charge >= 0.3 is 0 Å². The Morgan fingerprint density at radius 3 is 2.89 bits per heavy atom. The molecule has 1 amide bonds. The fourth-order valence-electron chi connectivity index (χ4n) is 1.92. The van der Waals surface area contributed by atoms with Gasteiger partial charge in [0.1, 0.15) is 0 Å². The molecule has 18 heavy (non-hydrogen) atoms. The molecule has 0 saturated carbocycles. The number of ether oxygens (including phenoxy) is 2. The summed E-state index contributed by atoms with van der Waals surface area (Å²) >= 11 is 0. The van der Waals surface area contributed by atoms with Gasteiger partial charge in [0.05, 0.1) is 12.7 Å². The Bertz CT molecular complexity index is 386. The average Bonchev–Trinajstić information content (AvgIpc) is 2.46. The molecule has 0 unspecified atom stereocenters. The first-order valence-corrected chi connectivity index (χ1v) is 6.15. The molecule has 0 spiro atoms. The Hall–Kier alpha value is -1.62. The monoisotopic (exact) mass is 250 g/mol. The molecular weight excluding hydrogens is 232 g/mol. The van der Waals surface area contributed by atoms with E-state index in [2.05, 4.69) is 10.3 Å². The minimum absolute atomic E-state index is 0.0864. The molecule has 0 aliphatic carbocycles. The van der Waals surface area contributed by atoms with Crippen molar-refractivity contribution in [2.45, 2.75) is 12.8 Å². The maximum absolute atomic E-state index is 11.9. The van der Waals surface area contributed by atoms with Gasteiger partial charge < -0.3 is 14.8 Å². The van der Waals surface area contributed by atoms with E-state index in [1.807, 2.05) is 0 Å². The number of rotatable bonds is 4. The van der Waals surface area contributed by atoms with Gasteiger partial charge in [-0.3, -0.25) is 4.79 Å². The van der Waals surface area contributed by atoms with Crippen molar-refractivity contribution in [2.75, 3.05) is 26.9 Å². The van der Waals surface area contributed by atoms with E-state index in [1.165, 1.54) is 6.20 Å². The zero-order valence-corrected chi connectivity index (χ0v) is 10.5. The average molecular weight is 250 g/mol. The summed E-state index contributed by atoms with van der Waals surface area (Å²) in [5, 5.41) is 2.93. The van der Waals surface area contributed by atoms with Crippen LogP contribution in [-0.2, 0) is 4.74 Å². The SMILES string of the molecule is COc1ccc(C(=O)NCC2CCOCC2)cn1. The fraction of sp³-hybridized carbons (Fsp3) is 0.538. The minimum Gasteiger partial charge on any atom is -0.481 e. The summed E-state index contributed by atoms with van der Waals surface area (Å²) in [6.45, 7) is 2.30. The summed E-state index contributed by atoms with van der Waals surface area (Å²) in [6.07, 6.45) is 3.56. The second-order valence-electron chi connectivity index (χ2n) is 4.36. The summed E-state index contributed by atoms with van der Waals surface area (Å²) in [4.78, 5) is 15.9. The Labute approximate surface area is 107 Å². The van der Waals surface area contributed by atoms with Crippen LogP contribution in [0.2, 0.25) is 0 Å². The highest BCUT2D eigenvalue weighted by Gasteiger charge is 2.15. The van der Waals surface area contributed by atoms with Crippen molar-refractivity contribution >= 4 is 5.91 Å². The van der Waals surface area contributed by atoms with Crippen LogP contribution in [-0.4, -0.2) is 37.8 Å². The third-order valence-corrected chi connectivity index (χ3v) is 3.10. The van der Waals surface area contributed by atoms with Crippen molar-refractivity contribution < 1.29 is 14.3 Å². The van der Waals surface area contributed by atoms with Crippen LogP contribution in [0.1, 0.15) is 23.2 Å². The van der Waals surface area contributed by atoms with Crippen molar-refractivity contribution in [1.29, 1.82) is 0 Å². The van der Waals surface area contributed by atoms with Gasteiger partial charge in [-0.2, -0.15) is 0 Å². The molecular formula is C13H18N2O3. The predicted molar refractivity (Wildman–Crippen MR) is 66.7 cm³/mol. The number of hydrogen-bond acceptors (Lipinski definition) is 4. The highest BCUT2D eigenvalue weighted by Crippen LogP contribution is 2.13. The molecule has 1 saturated heterocycles. The van der Waals surface area contributed by atoms with E-state index in [1.54, 1.807) is 19.2 Å². The lowest BCUT2D eigenvalue weighted by Gasteiger charge is -2.22. The van der Waals surface area contributed by atoms with Crippen molar-refractivity contribution in [3.05, 3.63) is 23.9 Å². The normalized spacial score (nSPS) is 16.3. The maximum Gasteiger partial charge on any atom is 0.252 e. The lowest BCUT2D eigenvalue weighted by molar-refractivity contribution is 0.0642.